The Hall–Kier alpha value is -1.33. The second-order valence-electron chi connectivity index (χ2n) is 4.05. The number of aromatic nitrogens is 2. The number of halogens is 1. The van der Waals surface area contributed by atoms with E-state index in [0.29, 0.717) is 19.0 Å². The van der Waals surface area contributed by atoms with Crippen LogP contribution in [0.5, 0.6) is 0 Å². The fourth-order valence-corrected chi connectivity index (χ4v) is 2.44. The van der Waals surface area contributed by atoms with E-state index < -0.39 is 0 Å². The van der Waals surface area contributed by atoms with Gasteiger partial charge in [-0.15, -0.1) is 0 Å². The topological polar surface area (TPSA) is 53.1 Å². The first kappa shape index (κ1) is 10.8. The van der Waals surface area contributed by atoms with Crippen molar-refractivity contribution < 1.29 is 4.74 Å². The normalized spacial score (nSPS) is 19.0. The van der Waals surface area contributed by atoms with Crippen molar-refractivity contribution >= 4 is 21.7 Å². The Morgan fingerprint density at radius 1 is 1.41 bits per heavy atom. The molecule has 0 saturated carbocycles. The summed E-state index contributed by atoms with van der Waals surface area (Å²) in [4.78, 5) is 0. The molecule has 5 heteroatoms. The van der Waals surface area contributed by atoms with Gasteiger partial charge in [0.1, 0.15) is 11.9 Å². The molecule has 0 spiro atoms. The van der Waals surface area contributed by atoms with Crippen LogP contribution in [-0.2, 0) is 11.3 Å². The lowest BCUT2D eigenvalue weighted by Gasteiger charge is -2.26. The predicted molar refractivity (Wildman–Crippen MR) is 68.6 cm³/mol. The standard InChI is InChI=1S/C12H12BrN3O/c13-10-5-15-16(12(10)14)11-7-17-6-8-3-1-2-4-9(8)11/h1-5,11H,6-7,14H2. The highest BCUT2D eigenvalue weighted by molar-refractivity contribution is 9.10. The maximum Gasteiger partial charge on any atom is 0.136 e. The summed E-state index contributed by atoms with van der Waals surface area (Å²) in [6.07, 6.45) is 1.71. The molecule has 17 heavy (non-hydrogen) atoms. The number of benzene rings is 1. The van der Waals surface area contributed by atoms with Crippen LogP contribution in [0.2, 0.25) is 0 Å². The summed E-state index contributed by atoms with van der Waals surface area (Å²) in [5, 5.41) is 4.30. The van der Waals surface area contributed by atoms with E-state index in [1.54, 1.807) is 6.20 Å². The predicted octanol–water partition coefficient (Wildman–Crippen LogP) is 2.35. The minimum absolute atomic E-state index is 0.0613. The van der Waals surface area contributed by atoms with Gasteiger partial charge in [0, 0.05) is 0 Å². The molecule has 0 saturated heterocycles. The molecule has 4 nitrogen and oxygen atoms in total. The van der Waals surface area contributed by atoms with E-state index in [1.165, 1.54) is 11.1 Å². The number of anilines is 1. The molecule has 2 N–H and O–H groups in total. The van der Waals surface area contributed by atoms with Crippen LogP contribution in [0, 0.1) is 0 Å². The highest BCUT2D eigenvalue weighted by Gasteiger charge is 2.24. The summed E-state index contributed by atoms with van der Waals surface area (Å²) in [7, 11) is 0. The molecule has 88 valence electrons. The molecule has 0 amide bonds. The quantitative estimate of drug-likeness (QED) is 0.878. The summed E-state index contributed by atoms with van der Waals surface area (Å²) in [5.41, 5.74) is 8.43. The van der Waals surface area contributed by atoms with Gasteiger partial charge in [0.05, 0.1) is 23.9 Å². The lowest BCUT2D eigenvalue weighted by atomic mass is 9.99. The average molecular weight is 294 g/mol. The first-order valence-electron chi connectivity index (χ1n) is 5.41. The highest BCUT2D eigenvalue weighted by atomic mass is 79.9. The molecule has 1 aliphatic rings. The van der Waals surface area contributed by atoms with Gasteiger partial charge >= 0.3 is 0 Å². The Balaban J connectivity index is 2.09. The number of nitrogen functional groups attached to an aromatic ring is 1. The van der Waals surface area contributed by atoms with Gasteiger partial charge < -0.3 is 10.5 Å². The van der Waals surface area contributed by atoms with Crippen LogP contribution in [0.3, 0.4) is 0 Å². The van der Waals surface area contributed by atoms with Crippen molar-refractivity contribution in [3.8, 4) is 0 Å². The number of fused-ring (bicyclic) bond motifs is 1. The van der Waals surface area contributed by atoms with E-state index in [0.717, 1.165) is 4.47 Å². The van der Waals surface area contributed by atoms with Crippen molar-refractivity contribution in [2.24, 2.45) is 0 Å². The molecule has 3 rings (SSSR count). The molecule has 0 radical (unpaired) electrons. The van der Waals surface area contributed by atoms with Gasteiger partial charge in [-0.05, 0) is 27.1 Å². The Morgan fingerprint density at radius 2 is 2.24 bits per heavy atom. The summed E-state index contributed by atoms with van der Waals surface area (Å²) in [6.45, 7) is 1.27. The fraction of sp³-hybridized carbons (Fsp3) is 0.250. The average Bonchev–Trinajstić information content (AvgIpc) is 2.69. The largest absolute Gasteiger partial charge is 0.383 e. The van der Waals surface area contributed by atoms with Crippen molar-refractivity contribution in [2.45, 2.75) is 12.6 Å². The smallest absolute Gasteiger partial charge is 0.136 e. The highest BCUT2D eigenvalue weighted by Crippen LogP contribution is 2.31. The lowest BCUT2D eigenvalue weighted by molar-refractivity contribution is 0.0810. The first-order chi connectivity index (χ1) is 8.27. The number of hydrogen-bond donors (Lipinski definition) is 1. The monoisotopic (exact) mass is 293 g/mol. The van der Waals surface area contributed by atoms with Crippen molar-refractivity contribution in [2.75, 3.05) is 12.3 Å². The Morgan fingerprint density at radius 3 is 3.00 bits per heavy atom. The van der Waals surface area contributed by atoms with E-state index in [4.69, 9.17) is 10.5 Å². The van der Waals surface area contributed by atoms with Gasteiger partial charge in [0.25, 0.3) is 0 Å². The zero-order valence-corrected chi connectivity index (χ0v) is 10.7. The van der Waals surface area contributed by atoms with Crippen LogP contribution in [-0.4, -0.2) is 16.4 Å². The zero-order valence-electron chi connectivity index (χ0n) is 9.14. The molecule has 0 aliphatic carbocycles. The summed E-state index contributed by atoms with van der Waals surface area (Å²) in [5.74, 6) is 0.635. The van der Waals surface area contributed by atoms with Gasteiger partial charge in [-0.25, -0.2) is 4.68 Å². The molecule has 1 aliphatic heterocycles. The van der Waals surface area contributed by atoms with Crippen LogP contribution in [0.4, 0.5) is 5.82 Å². The van der Waals surface area contributed by atoms with Gasteiger partial charge in [-0.3, -0.25) is 0 Å². The Bertz CT molecular complexity index is 552. The molecule has 2 aromatic rings. The fourth-order valence-electron chi connectivity index (χ4n) is 2.16. The third-order valence-electron chi connectivity index (χ3n) is 3.03. The molecule has 1 aromatic heterocycles. The molecule has 1 atom stereocenters. The minimum Gasteiger partial charge on any atom is -0.383 e. The van der Waals surface area contributed by atoms with Crippen LogP contribution in [0.25, 0.3) is 0 Å². The number of nitrogens with two attached hydrogens (primary N) is 1. The molecular weight excluding hydrogens is 282 g/mol. The van der Waals surface area contributed by atoms with Crippen LogP contribution < -0.4 is 5.73 Å². The summed E-state index contributed by atoms with van der Waals surface area (Å²) in [6, 6.07) is 8.30. The number of ether oxygens (including phenoxy) is 1. The third kappa shape index (κ3) is 1.75. The van der Waals surface area contributed by atoms with Crippen LogP contribution >= 0.6 is 15.9 Å². The number of hydrogen-bond acceptors (Lipinski definition) is 3. The summed E-state index contributed by atoms with van der Waals surface area (Å²) < 4.78 is 8.22. The molecule has 2 heterocycles. The van der Waals surface area contributed by atoms with Crippen LogP contribution in [0.1, 0.15) is 17.2 Å². The number of rotatable bonds is 1. The minimum atomic E-state index is 0.0613. The zero-order chi connectivity index (χ0) is 11.8. The van der Waals surface area contributed by atoms with Crippen molar-refractivity contribution in [3.05, 3.63) is 46.1 Å². The van der Waals surface area contributed by atoms with Gasteiger partial charge in [-0.2, -0.15) is 5.10 Å². The van der Waals surface area contributed by atoms with E-state index in [1.807, 2.05) is 16.8 Å². The molecule has 0 bridgehead atoms. The Kier molecular flexibility index (Phi) is 2.64. The maximum absolute atomic E-state index is 5.99. The number of nitrogens with zero attached hydrogens (tertiary/aromatic N) is 2. The van der Waals surface area contributed by atoms with E-state index >= 15 is 0 Å². The maximum atomic E-state index is 5.99. The van der Waals surface area contributed by atoms with E-state index in [-0.39, 0.29) is 6.04 Å². The lowest BCUT2D eigenvalue weighted by Crippen LogP contribution is -2.24. The van der Waals surface area contributed by atoms with Crippen molar-refractivity contribution in [1.82, 2.24) is 9.78 Å². The van der Waals surface area contributed by atoms with Crippen molar-refractivity contribution in [3.63, 3.8) is 0 Å². The van der Waals surface area contributed by atoms with Gasteiger partial charge in [0.2, 0.25) is 0 Å². The first-order valence-corrected chi connectivity index (χ1v) is 6.20. The SMILES string of the molecule is Nc1c(Br)cnn1C1COCc2ccccc21. The van der Waals surface area contributed by atoms with Gasteiger partial charge in [-0.1, -0.05) is 24.3 Å². The molecule has 0 fully saturated rings. The molecule has 1 aromatic carbocycles. The second-order valence-corrected chi connectivity index (χ2v) is 4.91. The van der Waals surface area contributed by atoms with Crippen molar-refractivity contribution in [1.29, 1.82) is 0 Å². The van der Waals surface area contributed by atoms with Gasteiger partial charge in [0.15, 0.2) is 0 Å². The molecule has 1 unspecified atom stereocenters. The van der Waals surface area contributed by atoms with E-state index in [2.05, 4.69) is 33.2 Å². The van der Waals surface area contributed by atoms with Crippen LogP contribution in [0.15, 0.2) is 34.9 Å². The molecular formula is C12H12BrN3O. The summed E-state index contributed by atoms with van der Waals surface area (Å²) >= 11 is 3.37. The second kappa shape index (κ2) is 4.16. The van der Waals surface area contributed by atoms with E-state index in [9.17, 15) is 0 Å². The third-order valence-corrected chi connectivity index (χ3v) is 3.64. The Labute approximate surface area is 108 Å².